The Morgan fingerprint density at radius 3 is 2.00 bits per heavy atom. The zero-order chi connectivity index (χ0) is 20.4. The third kappa shape index (κ3) is 3.54. The van der Waals surface area contributed by atoms with E-state index in [1.54, 1.807) is 6.07 Å². The van der Waals surface area contributed by atoms with Crippen LogP contribution in [-0.2, 0) is 0 Å². The number of aromatic nitrogens is 1. The molecule has 4 rings (SSSR count). The van der Waals surface area contributed by atoms with Gasteiger partial charge in [0.05, 0.1) is 11.4 Å². The van der Waals surface area contributed by atoms with Crippen molar-refractivity contribution in [3.63, 3.8) is 0 Å². The minimum absolute atomic E-state index is 0.0598. The van der Waals surface area contributed by atoms with Gasteiger partial charge >= 0.3 is 0 Å². The van der Waals surface area contributed by atoms with Crippen molar-refractivity contribution < 1.29 is 0 Å². The lowest BCUT2D eigenvalue weighted by atomic mass is 9.92. The molecule has 0 spiro atoms. The van der Waals surface area contributed by atoms with Crippen LogP contribution in [0.3, 0.4) is 0 Å². The highest BCUT2D eigenvalue weighted by Gasteiger charge is 2.19. The smallest absolute Gasteiger partial charge is 0.185 e. The molecule has 0 N–H and O–H groups in total. The van der Waals surface area contributed by atoms with Crippen LogP contribution >= 0.6 is 0 Å². The van der Waals surface area contributed by atoms with Gasteiger partial charge in [-0.2, -0.15) is 0 Å². The van der Waals surface area contributed by atoms with E-state index in [2.05, 4.69) is 66.9 Å². The van der Waals surface area contributed by atoms with Crippen LogP contribution in [0.2, 0.25) is 0 Å². The maximum absolute atomic E-state index is 13.1. The number of para-hydroxylation sites is 1. The summed E-state index contributed by atoms with van der Waals surface area (Å²) in [5, 5.41) is 0. The molecule has 0 bridgehead atoms. The molecule has 0 atom stereocenters. The average molecular weight is 380 g/mol. The topological polar surface area (TPSA) is 22.0 Å². The minimum Gasteiger partial charge on any atom is -0.309 e. The molecule has 29 heavy (non-hydrogen) atoms. The normalized spacial score (nSPS) is 11.0. The van der Waals surface area contributed by atoms with Crippen LogP contribution in [0, 0.1) is 6.92 Å². The van der Waals surface area contributed by atoms with E-state index in [0.29, 0.717) is 5.92 Å². The molecule has 2 nitrogen and oxygen atoms in total. The van der Waals surface area contributed by atoms with E-state index < -0.39 is 0 Å². The summed E-state index contributed by atoms with van der Waals surface area (Å²) < 4.78 is 2.23. The molecule has 0 aliphatic heterocycles. The van der Waals surface area contributed by atoms with Crippen LogP contribution in [0.15, 0.2) is 95.8 Å². The van der Waals surface area contributed by atoms with Crippen molar-refractivity contribution in [1.29, 1.82) is 0 Å². The van der Waals surface area contributed by atoms with E-state index in [0.717, 1.165) is 33.8 Å². The average Bonchev–Trinajstić information content (AvgIpc) is 2.76. The van der Waals surface area contributed by atoms with Gasteiger partial charge in [-0.3, -0.25) is 4.79 Å². The maximum Gasteiger partial charge on any atom is 0.185 e. The zero-order valence-electron chi connectivity index (χ0n) is 17.1. The van der Waals surface area contributed by atoms with Gasteiger partial charge in [-0.15, -0.1) is 0 Å². The van der Waals surface area contributed by atoms with Crippen LogP contribution in [0.5, 0.6) is 0 Å². The quantitative estimate of drug-likeness (QED) is 0.391. The fraction of sp³-hybridized carbons (Fsp3) is 0.148. The van der Waals surface area contributed by atoms with Gasteiger partial charge in [0, 0.05) is 22.9 Å². The van der Waals surface area contributed by atoms with E-state index in [9.17, 15) is 4.79 Å². The Morgan fingerprint density at radius 1 is 0.759 bits per heavy atom. The third-order valence-corrected chi connectivity index (χ3v) is 5.38. The molecule has 0 amide bonds. The highest BCUT2D eigenvalue weighted by molar-refractivity contribution is 5.75. The first kappa shape index (κ1) is 18.9. The van der Waals surface area contributed by atoms with E-state index in [1.807, 2.05) is 43.3 Å². The van der Waals surface area contributed by atoms with Crippen molar-refractivity contribution in [2.75, 3.05) is 0 Å². The van der Waals surface area contributed by atoms with Crippen molar-refractivity contribution in [2.45, 2.75) is 26.7 Å². The van der Waals surface area contributed by atoms with E-state index in [1.165, 1.54) is 5.56 Å². The summed E-state index contributed by atoms with van der Waals surface area (Å²) >= 11 is 0. The predicted molar refractivity (Wildman–Crippen MR) is 122 cm³/mol. The lowest BCUT2D eigenvalue weighted by Crippen LogP contribution is -2.16. The Labute approximate surface area is 172 Å². The molecule has 144 valence electrons. The van der Waals surface area contributed by atoms with Crippen LogP contribution < -0.4 is 5.43 Å². The predicted octanol–water partition coefficient (Wildman–Crippen LogP) is 6.60. The van der Waals surface area contributed by atoms with Crippen molar-refractivity contribution in [3.8, 4) is 28.2 Å². The van der Waals surface area contributed by atoms with E-state index in [4.69, 9.17) is 0 Å². The molecule has 1 aromatic heterocycles. The Balaban J connectivity index is 2.17. The maximum atomic E-state index is 13.1. The first-order valence-corrected chi connectivity index (χ1v) is 10.0. The third-order valence-electron chi connectivity index (χ3n) is 5.38. The number of pyridine rings is 1. The summed E-state index contributed by atoms with van der Waals surface area (Å²) in [4.78, 5) is 13.1. The van der Waals surface area contributed by atoms with Gasteiger partial charge in [0.2, 0.25) is 0 Å². The minimum atomic E-state index is 0.0598. The Hall–Kier alpha value is -3.39. The number of nitrogens with zero attached hydrogens (tertiary/aromatic N) is 1. The number of hydrogen-bond donors (Lipinski definition) is 0. The second kappa shape index (κ2) is 7.92. The van der Waals surface area contributed by atoms with Gasteiger partial charge in [-0.25, -0.2) is 0 Å². The van der Waals surface area contributed by atoms with Gasteiger partial charge in [0.1, 0.15) is 0 Å². The Morgan fingerprint density at radius 2 is 1.34 bits per heavy atom. The van der Waals surface area contributed by atoms with Crippen LogP contribution in [0.25, 0.3) is 28.2 Å². The van der Waals surface area contributed by atoms with Gasteiger partial charge in [-0.05, 0) is 36.1 Å². The van der Waals surface area contributed by atoms with Crippen LogP contribution in [0.1, 0.15) is 30.9 Å². The Kier molecular flexibility index (Phi) is 5.18. The van der Waals surface area contributed by atoms with Gasteiger partial charge in [-0.1, -0.05) is 86.6 Å². The van der Waals surface area contributed by atoms with Crippen molar-refractivity contribution in [1.82, 2.24) is 4.57 Å². The number of rotatable bonds is 4. The molecule has 0 unspecified atom stereocenters. The van der Waals surface area contributed by atoms with Crippen molar-refractivity contribution in [3.05, 3.63) is 112 Å². The molecule has 3 aromatic carbocycles. The summed E-state index contributed by atoms with van der Waals surface area (Å²) in [6.45, 7) is 6.32. The first-order chi connectivity index (χ1) is 14.1. The zero-order valence-corrected chi connectivity index (χ0v) is 17.1. The highest BCUT2D eigenvalue weighted by Crippen LogP contribution is 2.35. The molecule has 4 aromatic rings. The summed E-state index contributed by atoms with van der Waals surface area (Å²) in [6.07, 6.45) is 0. The summed E-state index contributed by atoms with van der Waals surface area (Å²) in [7, 11) is 0. The molecule has 0 aliphatic carbocycles. The van der Waals surface area contributed by atoms with Gasteiger partial charge in [0.25, 0.3) is 0 Å². The van der Waals surface area contributed by atoms with E-state index in [-0.39, 0.29) is 5.43 Å². The fourth-order valence-corrected chi connectivity index (χ4v) is 3.91. The second-order valence-corrected chi connectivity index (χ2v) is 7.65. The van der Waals surface area contributed by atoms with Crippen molar-refractivity contribution in [2.24, 2.45) is 0 Å². The summed E-state index contributed by atoms with van der Waals surface area (Å²) in [6, 6.07) is 30.6. The molecule has 0 radical (unpaired) electrons. The molecular weight excluding hydrogens is 354 g/mol. The molecule has 1 heterocycles. The molecule has 0 fully saturated rings. The Bertz CT molecular complexity index is 1190. The molecule has 0 aliphatic rings. The van der Waals surface area contributed by atoms with Gasteiger partial charge < -0.3 is 4.57 Å². The SMILES string of the molecule is Cc1c(-c2ccccc2C(C)C)n(-c2ccccc2)c(-c2ccccc2)cc1=O. The van der Waals surface area contributed by atoms with Crippen molar-refractivity contribution >= 4 is 0 Å². The lowest BCUT2D eigenvalue weighted by Gasteiger charge is -2.24. The molecule has 0 saturated heterocycles. The fourth-order valence-electron chi connectivity index (χ4n) is 3.91. The van der Waals surface area contributed by atoms with Crippen LogP contribution in [-0.4, -0.2) is 4.57 Å². The van der Waals surface area contributed by atoms with E-state index >= 15 is 0 Å². The van der Waals surface area contributed by atoms with Crippen LogP contribution in [0.4, 0.5) is 0 Å². The largest absolute Gasteiger partial charge is 0.309 e. The summed E-state index contributed by atoms with van der Waals surface area (Å²) in [5.74, 6) is 0.352. The first-order valence-electron chi connectivity index (χ1n) is 10.0. The lowest BCUT2D eigenvalue weighted by molar-refractivity contribution is 0.865. The number of benzene rings is 3. The number of hydrogen-bond acceptors (Lipinski definition) is 1. The monoisotopic (exact) mass is 379 g/mol. The standard InChI is InChI=1S/C27H25NO/c1-19(2)23-16-10-11-17-24(23)27-20(3)26(29)18-25(21-12-6-4-7-13-21)28(27)22-14-8-5-9-15-22/h4-19H,1-3H3. The molecular formula is C27H25NO. The second-order valence-electron chi connectivity index (χ2n) is 7.65. The highest BCUT2D eigenvalue weighted by atomic mass is 16.1. The summed E-state index contributed by atoms with van der Waals surface area (Å²) in [5.41, 5.74) is 7.11. The molecule has 0 saturated carbocycles. The van der Waals surface area contributed by atoms with Gasteiger partial charge in [0.15, 0.2) is 5.43 Å². The molecule has 2 heteroatoms.